The van der Waals surface area contributed by atoms with Crippen LogP contribution in [0.15, 0.2) is 48.7 Å². The topological polar surface area (TPSA) is 45.5 Å². The largest absolute Gasteiger partial charge is 0.477 e. The number of pyridine rings is 1. The molecule has 0 unspecified atom stereocenters. The van der Waals surface area contributed by atoms with Gasteiger partial charge in [-0.25, -0.2) is 9.64 Å². The molecule has 0 saturated carbocycles. The van der Waals surface area contributed by atoms with Gasteiger partial charge < -0.3 is 5.11 Å². The van der Waals surface area contributed by atoms with E-state index < -0.39 is 5.97 Å². The first-order chi connectivity index (χ1) is 9.69. The monoisotopic (exact) mass is 263 g/mol. The van der Waals surface area contributed by atoms with Crippen LogP contribution >= 0.6 is 0 Å². The van der Waals surface area contributed by atoms with E-state index in [0.29, 0.717) is 5.69 Å². The lowest BCUT2D eigenvalue weighted by atomic mass is 10.1. The molecule has 1 aromatic heterocycles. The van der Waals surface area contributed by atoms with Crippen molar-refractivity contribution in [2.45, 2.75) is 6.54 Å². The molecule has 2 aromatic carbocycles. The fourth-order valence-corrected chi connectivity index (χ4v) is 2.43. The molecule has 4 heteroatoms. The summed E-state index contributed by atoms with van der Waals surface area (Å²) in [5.41, 5.74) is 1.37. The third kappa shape index (κ3) is 1.95. The maximum absolute atomic E-state index is 11.0. The lowest BCUT2D eigenvalue weighted by Crippen LogP contribution is -2.38. The summed E-state index contributed by atoms with van der Waals surface area (Å²) in [6.45, 7) is 7.02. The van der Waals surface area contributed by atoms with Crippen molar-refractivity contribution in [3.05, 3.63) is 60.1 Å². The van der Waals surface area contributed by atoms with Gasteiger partial charge in [0.15, 0.2) is 11.9 Å². The van der Waals surface area contributed by atoms with Gasteiger partial charge in [0, 0.05) is 16.2 Å². The number of benzene rings is 2. The SMILES string of the molecule is [C-]#[N+]c1ccc2c(c1)c1ccccc1c[n+]2CC(=O)O. The van der Waals surface area contributed by atoms with Gasteiger partial charge in [-0.2, -0.15) is 4.57 Å². The summed E-state index contributed by atoms with van der Waals surface area (Å²) in [6.07, 6.45) is 1.84. The van der Waals surface area contributed by atoms with Crippen molar-refractivity contribution in [3.8, 4) is 0 Å². The molecule has 3 aromatic rings. The molecule has 0 aliphatic heterocycles. The molecule has 0 aliphatic rings. The standard InChI is InChI=1S/C16H10N2O2/c1-17-12-6-7-15-14(8-12)13-5-3-2-4-11(13)9-18(15)10-16(19)20/h2-9H,10H2/p+1. The van der Waals surface area contributed by atoms with E-state index in [0.717, 1.165) is 21.7 Å². The molecule has 0 aliphatic carbocycles. The third-order valence-electron chi connectivity index (χ3n) is 3.27. The summed E-state index contributed by atoms with van der Waals surface area (Å²) in [7, 11) is 0. The van der Waals surface area contributed by atoms with Crippen LogP contribution in [0.2, 0.25) is 0 Å². The average molecular weight is 263 g/mol. The maximum Gasteiger partial charge on any atom is 0.370 e. The zero-order valence-electron chi connectivity index (χ0n) is 10.6. The third-order valence-corrected chi connectivity index (χ3v) is 3.27. The van der Waals surface area contributed by atoms with Crippen molar-refractivity contribution in [3.63, 3.8) is 0 Å². The first-order valence-corrected chi connectivity index (χ1v) is 6.13. The Morgan fingerprint density at radius 2 is 2.00 bits per heavy atom. The van der Waals surface area contributed by atoms with Gasteiger partial charge in [0.05, 0.1) is 6.57 Å². The van der Waals surface area contributed by atoms with E-state index >= 15 is 0 Å². The predicted octanol–water partition coefficient (Wildman–Crippen LogP) is 2.92. The van der Waals surface area contributed by atoms with E-state index in [1.807, 2.05) is 36.5 Å². The van der Waals surface area contributed by atoms with E-state index in [4.69, 9.17) is 11.7 Å². The van der Waals surface area contributed by atoms with E-state index in [-0.39, 0.29) is 6.54 Å². The van der Waals surface area contributed by atoms with Gasteiger partial charge in [0.25, 0.3) is 0 Å². The molecule has 0 saturated heterocycles. The number of carboxylic acids is 1. The summed E-state index contributed by atoms with van der Waals surface area (Å²) >= 11 is 0. The van der Waals surface area contributed by atoms with Gasteiger partial charge in [-0.3, -0.25) is 0 Å². The maximum atomic E-state index is 11.0. The van der Waals surface area contributed by atoms with Crippen LogP contribution in [-0.4, -0.2) is 11.1 Å². The number of aliphatic carboxylic acids is 1. The number of nitrogens with zero attached hydrogens (tertiary/aromatic N) is 2. The highest BCUT2D eigenvalue weighted by atomic mass is 16.4. The zero-order valence-corrected chi connectivity index (χ0v) is 10.6. The molecule has 96 valence electrons. The molecule has 3 rings (SSSR count). The number of rotatable bonds is 2. The van der Waals surface area contributed by atoms with E-state index in [1.165, 1.54) is 0 Å². The Bertz CT molecular complexity index is 879. The first-order valence-electron chi connectivity index (χ1n) is 6.13. The second kappa shape index (κ2) is 4.63. The van der Waals surface area contributed by atoms with Crippen LogP contribution in [0.3, 0.4) is 0 Å². The van der Waals surface area contributed by atoms with Crippen LogP contribution in [0.5, 0.6) is 0 Å². The molecule has 0 bridgehead atoms. The minimum absolute atomic E-state index is 0.0985. The van der Waals surface area contributed by atoms with Gasteiger partial charge >= 0.3 is 5.97 Å². The predicted molar refractivity (Wildman–Crippen MR) is 75.5 cm³/mol. The van der Waals surface area contributed by atoms with Crippen LogP contribution in [0.25, 0.3) is 26.5 Å². The molecule has 0 spiro atoms. The molecule has 0 atom stereocenters. The Hall–Kier alpha value is -2.93. The number of hydrogen-bond donors (Lipinski definition) is 1. The Morgan fingerprint density at radius 3 is 2.75 bits per heavy atom. The Morgan fingerprint density at radius 1 is 1.20 bits per heavy atom. The van der Waals surface area contributed by atoms with Crippen LogP contribution in [0.4, 0.5) is 5.69 Å². The van der Waals surface area contributed by atoms with Crippen LogP contribution in [-0.2, 0) is 11.3 Å². The van der Waals surface area contributed by atoms with Crippen molar-refractivity contribution in [1.82, 2.24) is 0 Å². The number of carbonyl (C=O) groups is 1. The van der Waals surface area contributed by atoms with Gasteiger partial charge in [-0.1, -0.05) is 18.2 Å². The summed E-state index contributed by atoms with van der Waals surface area (Å²) in [6, 6.07) is 13.1. The second-order valence-corrected chi connectivity index (χ2v) is 4.55. The number of carboxylic acid groups (broad SMARTS) is 1. The lowest BCUT2D eigenvalue weighted by molar-refractivity contribution is -0.658. The summed E-state index contributed by atoms with van der Waals surface area (Å²) in [5.74, 6) is -0.888. The van der Waals surface area contributed by atoms with Crippen LogP contribution in [0, 0.1) is 6.57 Å². The molecule has 4 nitrogen and oxygen atoms in total. The molecular weight excluding hydrogens is 252 g/mol. The summed E-state index contributed by atoms with van der Waals surface area (Å²) in [4.78, 5) is 14.4. The number of hydrogen-bond acceptors (Lipinski definition) is 1. The van der Waals surface area contributed by atoms with Crippen molar-refractivity contribution < 1.29 is 14.5 Å². The average Bonchev–Trinajstić information content (AvgIpc) is 2.46. The Kier molecular flexibility index (Phi) is 2.81. The summed E-state index contributed by atoms with van der Waals surface area (Å²) in [5, 5.41) is 11.9. The van der Waals surface area contributed by atoms with Gasteiger partial charge in [-0.15, -0.1) is 0 Å². The Balaban J connectivity index is 2.44. The molecule has 20 heavy (non-hydrogen) atoms. The van der Waals surface area contributed by atoms with Gasteiger partial charge in [-0.05, 0) is 24.3 Å². The van der Waals surface area contributed by atoms with Gasteiger partial charge in [0.1, 0.15) is 0 Å². The zero-order chi connectivity index (χ0) is 14.1. The highest BCUT2D eigenvalue weighted by Gasteiger charge is 2.16. The fourth-order valence-electron chi connectivity index (χ4n) is 2.43. The molecule has 0 radical (unpaired) electrons. The molecule has 1 N–H and O–H groups in total. The van der Waals surface area contributed by atoms with Crippen molar-refractivity contribution in [2.75, 3.05) is 0 Å². The van der Waals surface area contributed by atoms with Gasteiger partial charge in [0.2, 0.25) is 12.1 Å². The second-order valence-electron chi connectivity index (χ2n) is 4.55. The molecule has 0 amide bonds. The minimum atomic E-state index is -0.888. The molecule has 0 fully saturated rings. The lowest BCUT2D eigenvalue weighted by Gasteiger charge is -2.04. The number of aromatic nitrogens is 1. The number of fused-ring (bicyclic) bond motifs is 3. The highest BCUT2D eigenvalue weighted by Crippen LogP contribution is 2.26. The molecule has 1 heterocycles. The quantitative estimate of drug-likeness (QED) is 0.439. The van der Waals surface area contributed by atoms with Crippen molar-refractivity contribution >= 4 is 33.3 Å². The first kappa shape index (κ1) is 12.1. The summed E-state index contributed by atoms with van der Waals surface area (Å²) < 4.78 is 1.70. The normalized spacial score (nSPS) is 10.6. The minimum Gasteiger partial charge on any atom is -0.477 e. The van der Waals surface area contributed by atoms with E-state index in [1.54, 1.807) is 16.7 Å². The fraction of sp³-hybridized carbons (Fsp3) is 0.0625. The smallest absolute Gasteiger partial charge is 0.370 e. The van der Waals surface area contributed by atoms with Crippen LogP contribution in [0.1, 0.15) is 0 Å². The van der Waals surface area contributed by atoms with E-state index in [2.05, 4.69) is 4.85 Å². The Labute approximate surface area is 115 Å². The van der Waals surface area contributed by atoms with Crippen molar-refractivity contribution in [2.24, 2.45) is 0 Å². The van der Waals surface area contributed by atoms with Crippen molar-refractivity contribution in [1.29, 1.82) is 0 Å². The van der Waals surface area contributed by atoms with Crippen LogP contribution < -0.4 is 4.57 Å². The highest BCUT2D eigenvalue weighted by molar-refractivity contribution is 6.05. The molecular formula is C16H11N2O2+. The van der Waals surface area contributed by atoms with E-state index in [9.17, 15) is 4.79 Å².